The number of nitro groups is 1. The van der Waals surface area contributed by atoms with Crippen molar-refractivity contribution in [3.8, 4) is 0 Å². The van der Waals surface area contributed by atoms with Crippen LogP contribution in [0.5, 0.6) is 0 Å². The minimum atomic E-state index is -0.407. The molecule has 0 radical (unpaired) electrons. The molecule has 2 rings (SSSR count). The molecule has 0 atom stereocenters. The third kappa shape index (κ3) is 10.7. The fraction of sp³-hybridized carbons (Fsp3) is 0.815. The summed E-state index contributed by atoms with van der Waals surface area (Å²) < 4.78 is 4.83. The molecule has 1 aromatic heterocycles. The lowest BCUT2D eigenvalue weighted by atomic mass is 9.97. The van der Waals surface area contributed by atoms with Gasteiger partial charge in [0.1, 0.15) is 6.33 Å². The van der Waals surface area contributed by atoms with E-state index in [1.54, 1.807) is 0 Å². The number of unbranched alkanes of at least 4 members (excludes halogenated alkanes) is 13. The molecule has 1 aliphatic heterocycles. The molecular weight excluding hydrogens is 458 g/mol. The minimum absolute atomic E-state index is 0.0839. The maximum atomic E-state index is 11.8. The van der Waals surface area contributed by atoms with E-state index in [9.17, 15) is 14.9 Å². The van der Waals surface area contributed by atoms with Crippen molar-refractivity contribution in [1.82, 2.24) is 9.97 Å². The topological polar surface area (TPSA) is 110 Å². The van der Waals surface area contributed by atoms with Crippen LogP contribution >= 0.6 is 0 Å². The van der Waals surface area contributed by atoms with E-state index in [0.717, 1.165) is 12.8 Å². The van der Waals surface area contributed by atoms with Gasteiger partial charge in [0.2, 0.25) is 11.6 Å². The highest BCUT2D eigenvalue weighted by atomic mass is 16.6. The lowest BCUT2D eigenvalue weighted by Gasteiger charge is -2.31. The zero-order valence-electron chi connectivity index (χ0n) is 22.5. The number of anilines is 2. The molecule has 9 nitrogen and oxygen atoms in total. The van der Waals surface area contributed by atoms with E-state index in [2.05, 4.69) is 22.2 Å². The maximum Gasteiger partial charge on any atom is 0.353 e. The van der Waals surface area contributed by atoms with Gasteiger partial charge in [-0.15, -0.1) is 0 Å². The Kier molecular flexibility index (Phi) is 14.8. The maximum absolute atomic E-state index is 11.8. The first-order valence-electron chi connectivity index (χ1n) is 14.1. The van der Waals surface area contributed by atoms with E-state index in [0.29, 0.717) is 38.3 Å². The Balaban J connectivity index is 1.63. The third-order valence-corrected chi connectivity index (χ3v) is 7.14. The normalized spacial score (nSPS) is 14.1. The quantitative estimate of drug-likeness (QED) is 0.0960. The van der Waals surface area contributed by atoms with E-state index in [-0.39, 0.29) is 23.4 Å². The van der Waals surface area contributed by atoms with Crippen molar-refractivity contribution < 1.29 is 14.5 Å². The second-order valence-electron chi connectivity index (χ2n) is 9.96. The summed E-state index contributed by atoms with van der Waals surface area (Å²) in [4.78, 5) is 33.5. The van der Waals surface area contributed by atoms with Gasteiger partial charge >= 0.3 is 11.7 Å². The summed E-state index contributed by atoms with van der Waals surface area (Å²) in [5.74, 6) is 0.212. The molecule has 0 aromatic carbocycles. The summed E-state index contributed by atoms with van der Waals surface area (Å²) >= 11 is 0. The number of hydrogen-bond donors (Lipinski definition) is 1. The fourth-order valence-corrected chi connectivity index (χ4v) is 4.92. The average Bonchev–Trinajstić information content (AvgIpc) is 2.90. The van der Waals surface area contributed by atoms with Crippen LogP contribution in [-0.2, 0) is 9.53 Å². The molecule has 1 saturated heterocycles. The van der Waals surface area contributed by atoms with Crippen molar-refractivity contribution >= 4 is 23.3 Å². The van der Waals surface area contributed by atoms with Gasteiger partial charge in [-0.1, -0.05) is 90.4 Å². The number of aromatic nitrogens is 2. The van der Waals surface area contributed by atoms with E-state index in [1.807, 2.05) is 4.90 Å². The molecule has 9 heteroatoms. The van der Waals surface area contributed by atoms with Gasteiger partial charge in [0.25, 0.3) is 0 Å². The summed E-state index contributed by atoms with van der Waals surface area (Å²) in [6.07, 6.45) is 20.7. The monoisotopic (exact) mass is 505 g/mol. The molecule has 36 heavy (non-hydrogen) atoms. The number of rotatable bonds is 19. The molecule has 1 fully saturated rings. The molecule has 0 amide bonds. The van der Waals surface area contributed by atoms with Gasteiger partial charge in [0.05, 0.1) is 18.0 Å². The van der Waals surface area contributed by atoms with Crippen LogP contribution in [0.15, 0.2) is 6.33 Å². The first kappa shape index (κ1) is 29.8. The van der Waals surface area contributed by atoms with E-state index < -0.39 is 4.92 Å². The zero-order chi connectivity index (χ0) is 26.0. The van der Waals surface area contributed by atoms with Gasteiger partial charge < -0.3 is 15.0 Å². The molecular formula is C27H47N5O4. The van der Waals surface area contributed by atoms with Crippen LogP contribution in [0.3, 0.4) is 0 Å². The van der Waals surface area contributed by atoms with Gasteiger partial charge in [-0.3, -0.25) is 14.9 Å². The van der Waals surface area contributed by atoms with Crippen LogP contribution in [0, 0.1) is 16.0 Å². The predicted molar refractivity (Wildman–Crippen MR) is 144 cm³/mol. The molecule has 0 unspecified atom stereocenters. The average molecular weight is 506 g/mol. The number of nitrogens with one attached hydrogen (secondary N) is 1. The second kappa shape index (κ2) is 17.9. The van der Waals surface area contributed by atoms with Gasteiger partial charge in [0.15, 0.2) is 0 Å². The number of hydrogen-bond acceptors (Lipinski definition) is 8. The second-order valence-corrected chi connectivity index (χ2v) is 9.96. The summed E-state index contributed by atoms with van der Waals surface area (Å²) in [7, 11) is 1.39. The molecule has 0 spiro atoms. The standard InChI is InChI=1S/C27H47N5O4/c1-3-4-5-6-7-8-9-10-11-12-13-14-15-16-19-28-25-24(32(34)35)26(30-22-29-25)31-20-17-23(18-21-31)27(33)36-2/h22-23H,3-21H2,1-2H3,(H,28,29,30). The predicted octanol–water partition coefficient (Wildman–Crippen LogP) is 6.67. The number of carbonyl (C=O) groups is 1. The highest BCUT2D eigenvalue weighted by molar-refractivity contribution is 5.74. The highest BCUT2D eigenvalue weighted by Crippen LogP contribution is 2.34. The van der Waals surface area contributed by atoms with Crippen LogP contribution in [0.1, 0.15) is 110 Å². The van der Waals surface area contributed by atoms with Crippen LogP contribution < -0.4 is 10.2 Å². The molecule has 204 valence electrons. The van der Waals surface area contributed by atoms with Crippen molar-refractivity contribution in [3.05, 3.63) is 16.4 Å². The van der Waals surface area contributed by atoms with E-state index in [4.69, 9.17) is 4.74 Å². The Bertz CT molecular complexity index is 769. The van der Waals surface area contributed by atoms with Gasteiger partial charge in [-0.2, -0.15) is 0 Å². The lowest BCUT2D eigenvalue weighted by Crippen LogP contribution is -2.37. The molecule has 2 heterocycles. The molecule has 1 N–H and O–H groups in total. The Morgan fingerprint density at radius 2 is 1.50 bits per heavy atom. The summed E-state index contributed by atoms with van der Waals surface area (Å²) in [5, 5.41) is 15.0. The lowest BCUT2D eigenvalue weighted by molar-refractivity contribution is -0.383. The van der Waals surface area contributed by atoms with Crippen molar-refractivity contribution in [1.29, 1.82) is 0 Å². The third-order valence-electron chi connectivity index (χ3n) is 7.14. The number of ether oxygens (including phenoxy) is 1. The molecule has 0 bridgehead atoms. The number of nitrogens with zero attached hydrogens (tertiary/aromatic N) is 4. The minimum Gasteiger partial charge on any atom is -0.469 e. The molecule has 1 aromatic rings. The van der Waals surface area contributed by atoms with Crippen LogP contribution in [0.25, 0.3) is 0 Å². The fourth-order valence-electron chi connectivity index (χ4n) is 4.92. The first-order valence-corrected chi connectivity index (χ1v) is 14.1. The van der Waals surface area contributed by atoms with Crippen molar-refractivity contribution in [3.63, 3.8) is 0 Å². The molecule has 0 aliphatic carbocycles. The highest BCUT2D eigenvalue weighted by Gasteiger charge is 2.32. The smallest absolute Gasteiger partial charge is 0.353 e. The van der Waals surface area contributed by atoms with Crippen LogP contribution in [-0.4, -0.2) is 47.6 Å². The van der Waals surface area contributed by atoms with Crippen LogP contribution in [0.4, 0.5) is 17.3 Å². The Morgan fingerprint density at radius 3 is 2.00 bits per heavy atom. The van der Waals surface area contributed by atoms with Gasteiger partial charge in [-0.25, -0.2) is 9.97 Å². The summed E-state index contributed by atoms with van der Waals surface area (Å²) in [6.45, 7) is 3.96. The summed E-state index contributed by atoms with van der Waals surface area (Å²) in [5.41, 5.74) is -0.0839. The van der Waals surface area contributed by atoms with Crippen molar-refractivity contribution in [2.75, 3.05) is 37.0 Å². The zero-order valence-corrected chi connectivity index (χ0v) is 22.5. The number of methoxy groups -OCH3 is 1. The Hall–Kier alpha value is -2.45. The first-order chi connectivity index (χ1) is 17.6. The molecule has 0 saturated carbocycles. The van der Waals surface area contributed by atoms with Crippen molar-refractivity contribution in [2.24, 2.45) is 5.92 Å². The van der Waals surface area contributed by atoms with Gasteiger partial charge in [0, 0.05) is 19.6 Å². The summed E-state index contributed by atoms with van der Waals surface area (Å²) in [6, 6.07) is 0. The van der Waals surface area contributed by atoms with Gasteiger partial charge in [-0.05, 0) is 19.3 Å². The Morgan fingerprint density at radius 1 is 0.972 bits per heavy atom. The van der Waals surface area contributed by atoms with E-state index in [1.165, 1.54) is 90.5 Å². The number of esters is 1. The number of carbonyl (C=O) groups excluding carboxylic acids is 1. The SMILES string of the molecule is CCCCCCCCCCCCCCCCNc1ncnc(N2CCC(C(=O)OC)CC2)c1[N+](=O)[O-]. The van der Waals surface area contributed by atoms with Crippen molar-refractivity contribution in [2.45, 2.75) is 110 Å². The largest absolute Gasteiger partial charge is 0.469 e. The number of piperidine rings is 1. The Labute approximate surface area is 216 Å². The van der Waals surface area contributed by atoms with Crippen LogP contribution in [0.2, 0.25) is 0 Å². The van der Waals surface area contributed by atoms with E-state index >= 15 is 0 Å². The molecule has 1 aliphatic rings.